The van der Waals surface area contributed by atoms with Crippen molar-refractivity contribution in [2.24, 2.45) is 11.8 Å². The summed E-state index contributed by atoms with van der Waals surface area (Å²) in [5.74, 6) is -0.817. The summed E-state index contributed by atoms with van der Waals surface area (Å²) in [5, 5.41) is 0. The SMILES string of the molecule is O=C(CCN1C(=O)C2CC=CCC2C1=O)N1CCC(n2c(=O)[nH]c3ccccc32)CC1. The minimum Gasteiger partial charge on any atom is -0.342 e. The van der Waals surface area contributed by atoms with Gasteiger partial charge in [0.25, 0.3) is 0 Å². The van der Waals surface area contributed by atoms with E-state index in [0.717, 1.165) is 11.0 Å². The molecule has 1 aromatic heterocycles. The van der Waals surface area contributed by atoms with E-state index in [1.807, 2.05) is 36.4 Å². The summed E-state index contributed by atoms with van der Waals surface area (Å²) in [4.78, 5) is 56.3. The fourth-order valence-electron chi connectivity index (χ4n) is 5.27. The van der Waals surface area contributed by atoms with Crippen LogP contribution in [0.25, 0.3) is 11.0 Å². The molecule has 2 atom stereocenters. The summed E-state index contributed by atoms with van der Waals surface area (Å²) < 4.78 is 1.80. The van der Waals surface area contributed by atoms with Crippen molar-refractivity contribution in [1.82, 2.24) is 19.4 Å². The highest BCUT2D eigenvalue weighted by molar-refractivity contribution is 6.05. The van der Waals surface area contributed by atoms with Crippen LogP contribution < -0.4 is 5.69 Å². The number of hydrogen-bond acceptors (Lipinski definition) is 4. The minimum atomic E-state index is -0.252. The van der Waals surface area contributed by atoms with Gasteiger partial charge >= 0.3 is 5.69 Å². The Morgan fingerprint density at radius 2 is 1.61 bits per heavy atom. The number of carbonyl (C=O) groups is 3. The number of nitrogens with zero attached hydrogens (tertiary/aromatic N) is 3. The number of para-hydroxylation sites is 2. The Labute approximate surface area is 179 Å². The van der Waals surface area contributed by atoms with Gasteiger partial charge in [-0.15, -0.1) is 0 Å². The molecule has 0 saturated carbocycles. The quantitative estimate of drug-likeness (QED) is 0.601. The number of H-pyrrole nitrogens is 1. The average molecular weight is 422 g/mol. The molecule has 0 bridgehead atoms. The minimum absolute atomic E-state index is 0.0432. The molecule has 162 valence electrons. The first-order valence-corrected chi connectivity index (χ1v) is 11.0. The summed E-state index contributed by atoms with van der Waals surface area (Å²) in [5.41, 5.74) is 1.59. The average Bonchev–Trinajstić information content (AvgIpc) is 3.25. The molecule has 31 heavy (non-hydrogen) atoms. The monoisotopic (exact) mass is 422 g/mol. The molecule has 0 spiro atoms. The number of hydrogen-bond donors (Lipinski definition) is 1. The van der Waals surface area contributed by atoms with Crippen molar-refractivity contribution in [3.05, 3.63) is 46.9 Å². The van der Waals surface area contributed by atoms with Crippen LogP contribution in [0.3, 0.4) is 0 Å². The second-order valence-electron chi connectivity index (χ2n) is 8.66. The molecule has 1 N–H and O–H groups in total. The second kappa shape index (κ2) is 7.83. The Hall–Kier alpha value is -3.16. The van der Waals surface area contributed by atoms with Crippen LogP contribution in [0.15, 0.2) is 41.2 Å². The lowest BCUT2D eigenvalue weighted by atomic mass is 9.85. The van der Waals surface area contributed by atoms with Crippen LogP contribution in [0.1, 0.15) is 38.1 Å². The van der Waals surface area contributed by atoms with Crippen molar-refractivity contribution in [2.45, 2.75) is 38.1 Å². The molecule has 3 aliphatic rings. The van der Waals surface area contributed by atoms with Crippen molar-refractivity contribution in [3.63, 3.8) is 0 Å². The highest BCUT2D eigenvalue weighted by atomic mass is 16.2. The number of amides is 3. The largest absolute Gasteiger partial charge is 0.342 e. The van der Waals surface area contributed by atoms with Gasteiger partial charge in [0.05, 0.1) is 22.9 Å². The normalized spacial score (nSPS) is 24.3. The maximum atomic E-state index is 12.7. The number of allylic oxidation sites excluding steroid dienone is 2. The van der Waals surface area contributed by atoms with Gasteiger partial charge in [-0.3, -0.25) is 23.9 Å². The van der Waals surface area contributed by atoms with Gasteiger partial charge in [-0.2, -0.15) is 0 Å². The molecule has 8 nitrogen and oxygen atoms in total. The van der Waals surface area contributed by atoms with E-state index in [1.54, 1.807) is 9.47 Å². The fourth-order valence-corrected chi connectivity index (χ4v) is 5.27. The summed E-state index contributed by atoms with van der Waals surface area (Å²) in [6.45, 7) is 1.28. The number of likely N-dealkylation sites (tertiary alicyclic amines) is 2. The Bertz CT molecular complexity index is 1100. The Kier molecular flexibility index (Phi) is 5.00. The zero-order valence-corrected chi connectivity index (χ0v) is 17.3. The first-order chi connectivity index (χ1) is 15.0. The molecule has 3 amide bonds. The molecule has 8 heteroatoms. The molecular formula is C23H26N4O4. The van der Waals surface area contributed by atoms with Crippen LogP contribution in [-0.2, 0) is 14.4 Å². The maximum Gasteiger partial charge on any atom is 0.326 e. The smallest absolute Gasteiger partial charge is 0.326 e. The van der Waals surface area contributed by atoms with Crippen LogP contribution in [0.5, 0.6) is 0 Å². The summed E-state index contributed by atoms with van der Waals surface area (Å²) >= 11 is 0. The van der Waals surface area contributed by atoms with E-state index in [0.29, 0.717) is 38.8 Å². The van der Waals surface area contributed by atoms with Gasteiger partial charge in [-0.05, 0) is 37.8 Å². The van der Waals surface area contributed by atoms with E-state index in [2.05, 4.69) is 4.98 Å². The van der Waals surface area contributed by atoms with E-state index < -0.39 is 0 Å². The molecule has 5 rings (SSSR count). The van der Waals surface area contributed by atoms with Gasteiger partial charge in [-0.25, -0.2) is 4.79 Å². The molecular weight excluding hydrogens is 396 g/mol. The van der Waals surface area contributed by atoms with Crippen LogP contribution in [-0.4, -0.2) is 56.7 Å². The van der Waals surface area contributed by atoms with Gasteiger partial charge in [0.2, 0.25) is 17.7 Å². The third-order valence-electron chi connectivity index (χ3n) is 6.95. The number of imide groups is 1. The summed E-state index contributed by atoms with van der Waals surface area (Å²) in [6.07, 6.45) is 6.70. The summed E-state index contributed by atoms with van der Waals surface area (Å²) in [7, 11) is 0. The predicted molar refractivity (Wildman–Crippen MR) is 114 cm³/mol. The van der Waals surface area contributed by atoms with E-state index in [4.69, 9.17) is 0 Å². The molecule has 0 radical (unpaired) electrons. The first-order valence-electron chi connectivity index (χ1n) is 11.0. The molecule has 1 aliphatic carbocycles. The highest BCUT2D eigenvalue weighted by Crippen LogP contribution is 2.35. The molecule has 3 heterocycles. The van der Waals surface area contributed by atoms with Gasteiger partial charge in [0.15, 0.2) is 0 Å². The van der Waals surface area contributed by atoms with E-state index >= 15 is 0 Å². The van der Waals surface area contributed by atoms with Gasteiger partial charge < -0.3 is 9.88 Å². The molecule has 2 fully saturated rings. The Morgan fingerprint density at radius 3 is 2.29 bits per heavy atom. The van der Waals surface area contributed by atoms with Crippen LogP contribution in [0, 0.1) is 11.8 Å². The van der Waals surface area contributed by atoms with Crippen molar-refractivity contribution in [1.29, 1.82) is 0 Å². The van der Waals surface area contributed by atoms with Crippen molar-refractivity contribution in [3.8, 4) is 0 Å². The van der Waals surface area contributed by atoms with Crippen LogP contribution in [0.2, 0.25) is 0 Å². The highest BCUT2D eigenvalue weighted by Gasteiger charge is 2.47. The second-order valence-corrected chi connectivity index (χ2v) is 8.66. The predicted octanol–water partition coefficient (Wildman–Crippen LogP) is 1.83. The Balaban J connectivity index is 1.18. The molecule has 2 aromatic rings. The van der Waals surface area contributed by atoms with Gasteiger partial charge in [0.1, 0.15) is 0 Å². The number of rotatable bonds is 4. The topological polar surface area (TPSA) is 95.5 Å². The zero-order chi connectivity index (χ0) is 21.5. The van der Waals surface area contributed by atoms with Gasteiger partial charge in [0, 0.05) is 32.1 Å². The van der Waals surface area contributed by atoms with E-state index in [1.165, 1.54) is 4.90 Å². The summed E-state index contributed by atoms with van der Waals surface area (Å²) in [6, 6.07) is 7.68. The molecule has 1 aromatic carbocycles. The lowest BCUT2D eigenvalue weighted by Crippen LogP contribution is -2.42. The maximum absolute atomic E-state index is 12.7. The number of aromatic amines is 1. The van der Waals surface area contributed by atoms with E-state index in [9.17, 15) is 19.2 Å². The number of benzene rings is 1. The third-order valence-corrected chi connectivity index (χ3v) is 6.95. The standard InChI is InChI=1S/C23H26N4O4/c28-20(11-14-26-21(29)16-5-1-2-6-17(16)22(26)30)25-12-9-15(10-13-25)27-19-8-4-3-7-18(19)24-23(27)31/h1-4,7-8,15-17H,5-6,9-14H2,(H,24,31). The molecule has 2 saturated heterocycles. The van der Waals surface area contributed by atoms with Crippen molar-refractivity contribution in [2.75, 3.05) is 19.6 Å². The zero-order valence-electron chi connectivity index (χ0n) is 17.3. The number of piperidine rings is 1. The van der Waals surface area contributed by atoms with E-state index in [-0.39, 0.29) is 54.3 Å². The van der Waals surface area contributed by atoms with Crippen molar-refractivity contribution >= 4 is 28.8 Å². The number of carbonyl (C=O) groups excluding carboxylic acids is 3. The van der Waals surface area contributed by atoms with Gasteiger partial charge in [-0.1, -0.05) is 24.3 Å². The Morgan fingerprint density at radius 1 is 0.968 bits per heavy atom. The number of aromatic nitrogens is 2. The lowest BCUT2D eigenvalue weighted by Gasteiger charge is -2.33. The number of fused-ring (bicyclic) bond motifs is 2. The van der Waals surface area contributed by atoms with Crippen LogP contribution >= 0.6 is 0 Å². The lowest BCUT2D eigenvalue weighted by molar-refractivity contribution is -0.141. The molecule has 2 unspecified atom stereocenters. The third kappa shape index (κ3) is 3.40. The fraction of sp³-hybridized carbons (Fsp3) is 0.478. The molecule has 2 aliphatic heterocycles. The van der Waals surface area contributed by atoms with Crippen LogP contribution in [0.4, 0.5) is 0 Å². The number of imidazole rings is 1. The van der Waals surface area contributed by atoms with Crippen molar-refractivity contribution < 1.29 is 14.4 Å². The number of nitrogens with one attached hydrogen (secondary N) is 1. The first kappa shape index (κ1) is 19.8.